The molecule has 1 aliphatic heterocycles. The average molecular weight is 291 g/mol. The summed E-state index contributed by atoms with van der Waals surface area (Å²) in [7, 11) is 0. The summed E-state index contributed by atoms with van der Waals surface area (Å²) in [6.45, 7) is 8.53. The lowest BCUT2D eigenvalue weighted by Crippen LogP contribution is -2.40. The van der Waals surface area contributed by atoms with E-state index in [-0.39, 0.29) is 11.9 Å². The molecule has 1 aromatic rings. The average Bonchev–Trinajstić information content (AvgIpc) is 2.95. The first-order chi connectivity index (χ1) is 10.0. The van der Waals surface area contributed by atoms with Crippen molar-refractivity contribution in [1.82, 2.24) is 15.4 Å². The van der Waals surface area contributed by atoms with Crippen molar-refractivity contribution in [2.75, 3.05) is 13.1 Å². The summed E-state index contributed by atoms with van der Waals surface area (Å²) >= 11 is 0. The highest BCUT2D eigenvalue weighted by Crippen LogP contribution is 2.36. The van der Waals surface area contributed by atoms with Gasteiger partial charge < -0.3 is 9.84 Å². The van der Waals surface area contributed by atoms with Crippen molar-refractivity contribution >= 4 is 5.91 Å². The largest absolute Gasteiger partial charge is 0.360 e. The molecule has 1 saturated carbocycles. The quantitative estimate of drug-likeness (QED) is 0.925. The second-order valence-corrected chi connectivity index (χ2v) is 6.85. The van der Waals surface area contributed by atoms with Crippen LogP contribution in [0.25, 0.3) is 0 Å². The molecule has 5 heteroatoms. The minimum atomic E-state index is -0.105. The zero-order valence-electron chi connectivity index (χ0n) is 13.1. The van der Waals surface area contributed by atoms with Crippen LogP contribution in [-0.4, -0.2) is 41.1 Å². The van der Waals surface area contributed by atoms with Gasteiger partial charge in [-0.3, -0.25) is 9.69 Å². The van der Waals surface area contributed by atoms with Crippen molar-refractivity contribution < 1.29 is 9.32 Å². The highest BCUT2D eigenvalue weighted by Gasteiger charge is 2.33. The summed E-state index contributed by atoms with van der Waals surface area (Å²) in [4.78, 5) is 14.7. The van der Waals surface area contributed by atoms with E-state index in [1.54, 1.807) is 0 Å². The van der Waals surface area contributed by atoms with Crippen molar-refractivity contribution in [3.05, 3.63) is 17.5 Å². The van der Waals surface area contributed by atoms with Gasteiger partial charge in [0.05, 0.1) is 0 Å². The molecule has 1 aromatic heterocycles. The maximum Gasteiger partial charge on any atom is 0.273 e. The number of hydrogen-bond acceptors (Lipinski definition) is 4. The number of likely N-dealkylation sites (tertiary alicyclic amines) is 1. The molecule has 1 amide bonds. The SMILES string of the molecule is CC(C)N1C[C@@H](C)[C@H](NC(=O)c2cc(C3CCC3)on2)C1. The van der Waals surface area contributed by atoms with Crippen molar-refractivity contribution in [1.29, 1.82) is 0 Å². The number of nitrogens with zero attached hydrogens (tertiary/aromatic N) is 2. The van der Waals surface area contributed by atoms with Crippen LogP contribution in [0.1, 0.15) is 62.2 Å². The summed E-state index contributed by atoms with van der Waals surface area (Å²) in [5, 5.41) is 7.05. The lowest BCUT2D eigenvalue weighted by molar-refractivity contribution is 0.0921. The van der Waals surface area contributed by atoms with Gasteiger partial charge in [0.15, 0.2) is 5.69 Å². The topological polar surface area (TPSA) is 58.4 Å². The van der Waals surface area contributed by atoms with Gasteiger partial charge in [0.1, 0.15) is 5.76 Å². The van der Waals surface area contributed by atoms with Crippen LogP contribution >= 0.6 is 0 Å². The molecular formula is C16H25N3O2. The van der Waals surface area contributed by atoms with Crippen molar-refractivity contribution in [2.45, 2.75) is 58.0 Å². The molecule has 5 nitrogen and oxygen atoms in total. The smallest absolute Gasteiger partial charge is 0.273 e. The summed E-state index contributed by atoms with van der Waals surface area (Å²) < 4.78 is 5.32. The number of aromatic nitrogens is 1. The van der Waals surface area contributed by atoms with E-state index in [0.29, 0.717) is 23.6 Å². The summed E-state index contributed by atoms with van der Waals surface area (Å²) in [5.41, 5.74) is 0.423. The lowest BCUT2D eigenvalue weighted by atomic mass is 9.83. The molecule has 1 saturated heterocycles. The number of nitrogens with one attached hydrogen (secondary N) is 1. The van der Waals surface area contributed by atoms with Crippen LogP contribution in [0.15, 0.2) is 10.6 Å². The van der Waals surface area contributed by atoms with Gasteiger partial charge in [-0.05, 0) is 32.6 Å². The maximum atomic E-state index is 12.3. The fourth-order valence-electron chi connectivity index (χ4n) is 3.14. The molecular weight excluding hydrogens is 266 g/mol. The van der Waals surface area contributed by atoms with Gasteiger partial charge in [0, 0.05) is 37.2 Å². The highest BCUT2D eigenvalue weighted by molar-refractivity contribution is 5.92. The van der Waals surface area contributed by atoms with Crippen molar-refractivity contribution in [2.24, 2.45) is 5.92 Å². The number of carbonyl (C=O) groups excluding carboxylic acids is 1. The van der Waals surface area contributed by atoms with E-state index < -0.39 is 0 Å². The van der Waals surface area contributed by atoms with Crippen LogP contribution < -0.4 is 5.32 Å². The zero-order valence-corrected chi connectivity index (χ0v) is 13.1. The Morgan fingerprint density at radius 1 is 1.43 bits per heavy atom. The Bertz CT molecular complexity index is 507. The normalized spacial score (nSPS) is 27.0. The van der Waals surface area contributed by atoms with Gasteiger partial charge in [0.25, 0.3) is 5.91 Å². The Hall–Kier alpha value is -1.36. The Balaban J connectivity index is 1.59. The first-order valence-corrected chi connectivity index (χ1v) is 8.06. The Morgan fingerprint density at radius 3 is 2.76 bits per heavy atom. The predicted octanol–water partition coefficient (Wildman–Crippen LogP) is 2.40. The number of carbonyl (C=O) groups is 1. The monoisotopic (exact) mass is 291 g/mol. The van der Waals surface area contributed by atoms with Crippen molar-refractivity contribution in [3.63, 3.8) is 0 Å². The van der Waals surface area contributed by atoms with E-state index in [4.69, 9.17) is 4.52 Å². The Labute approximate surface area is 126 Å². The van der Waals surface area contributed by atoms with Crippen molar-refractivity contribution in [3.8, 4) is 0 Å². The molecule has 2 aliphatic rings. The summed E-state index contributed by atoms with van der Waals surface area (Å²) in [6.07, 6.45) is 3.55. The first-order valence-electron chi connectivity index (χ1n) is 8.06. The van der Waals surface area contributed by atoms with Crippen LogP contribution in [0, 0.1) is 5.92 Å². The van der Waals surface area contributed by atoms with E-state index in [0.717, 1.165) is 31.7 Å². The molecule has 2 heterocycles. The molecule has 116 valence electrons. The van der Waals surface area contributed by atoms with Gasteiger partial charge >= 0.3 is 0 Å². The molecule has 0 unspecified atom stereocenters. The predicted molar refractivity (Wildman–Crippen MR) is 80.2 cm³/mol. The minimum Gasteiger partial charge on any atom is -0.360 e. The maximum absolute atomic E-state index is 12.3. The van der Waals surface area contributed by atoms with E-state index in [1.165, 1.54) is 6.42 Å². The van der Waals surface area contributed by atoms with Crippen LogP contribution in [-0.2, 0) is 0 Å². The van der Waals surface area contributed by atoms with Crippen LogP contribution in [0.4, 0.5) is 0 Å². The molecule has 2 atom stereocenters. The standard InChI is InChI=1S/C16H25N3O2/c1-10(2)19-8-11(3)14(9-19)17-16(20)13-7-15(21-18-13)12-5-4-6-12/h7,10-12,14H,4-6,8-9H2,1-3H3,(H,17,20)/t11-,14-/m1/s1. The molecule has 0 bridgehead atoms. The lowest BCUT2D eigenvalue weighted by Gasteiger charge is -2.21. The third-order valence-corrected chi connectivity index (χ3v) is 4.96. The van der Waals surface area contributed by atoms with Gasteiger partial charge in [-0.15, -0.1) is 0 Å². The molecule has 0 aromatic carbocycles. The molecule has 1 N–H and O–H groups in total. The number of amides is 1. The fourth-order valence-corrected chi connectivity index (χ4v) is 3.14. The zero-order chi connectivity index (χ0) is 15.0. The van der Waals surface area contributed by atoms with Gasteiger partial charge in [-0.1, -0.05) is 18.5 Å². The second kappa shape index (κ2) is 5.79. The Morgan fingerprint density at radius 2 is 2.19 bits per heavy atom. The molecule has 2 fully saturated rings. The third-order valence-electron chi connectivity index (χ3n) is 4.96. The van der Waals surface area contributed by atoms with Crippen LogP contribution in [0.3, 0.4) is 0 Å². The molecule has 1 aliphatic carbocycles. The number of hydrogen-bond donors (Lipinski definition) is 1. The van der Waals surface area contributed by atoms with Crippen LogP contribution in [0.2, 0.25) is 0 Å². The third kappa shape index (κ3) is 2.98. The van der Waals surface area contributed by atoms with E-state index >= 15 is 0 Å². The fraction of sp³-hybridized carbons (Fsp3) is 0.750. The van der Waals surface area contributed by atoms with E-state index in [1.807, 2.05) is 6.07 Å². The summed E-state index contributed by atoms with van der Waals surface area (Å²) in [5.74, 6) is 1.71. The second-order valence-electron chi connectivity index (χ2n) is 6.85. The Kier molecular flexibility index (Phi) is 4.02. The van der Waals surface area contributed by atoms with Gasteiger partial charge in [-0.25, -0.2) is 0 Å². The first kappa shape index (κ1) is 14.6. The summed E-state index contributed by atoms with van der Waals surface area (Å²) in [6, 6.07) is 2.54. The number of rotatable bonds is 4. The van der Waals surface area contributed by atoms with E-state index in [9.17, 15) is 4.79 Å². The van der Waals surface area contributed by atoms with Gasteiger partial charge in [-0.2, -0.15) is 0 Å². The molecule has 21 heavy (non-hydrogen) atoms. The van der Waals surface area contributed by atoms with E-state index in [2.05, 4.69) is 36.1 Å². The molecule has 0 spiro atoms. The molecule has 0 radical (unpaired) electrons. The van der Waals surface area contributed by atoms with Crippen LogP contribution in [0.5, 0.6) is 0 Å². The minimum absolute atomic E-state index is 0.105. The molecule has 3 rings (SSSR count). The van der Waals surface area contributed by atoms with Gasteiger partial charge in [0.2, 0.25) is 0 Å². The highest BCUT2D eigenvalue weighted by atomic mass is 16.5.